The van der Waals surface area contributed by atoms with Crippen LogP contribution in [-0.4, -0.2) is 16.6 Å². The van der Waals surface area contributed by atoms with Crippen LogP contribution in [0.3, 0.4) is 0 Å². The van der Waals surface area contributed by atoms with E-state index in [2.05, 4.69) is 0 Å². The zero-order chi connectivity index (χ0) is 9.97. The number of halogens is 1. The third kappa shape index (κ3) is 2.25. The first-order valence-electron chi connectivity index (χ1n) is 6.11. The quantitative estimate of drug-likeness (QED) is 0.667. The van der Waals surface area contributed by atoms with Crippen LogP contribution in [0.1, 0.15) is 51.4 Å². The highest BCUT2D eigenvalue weighted by molar-refractivity contribution is 6.20. The van der Waals surface area contributed by atoms with Crippen LogP contribution in [0.4, 0.5) is 0 Å². The second kappa shape index (κ2) is 4.85. The van der Waals surface area contributed by atoms with Gasteiger partial charge in [0.05, 0.1) is 6.10 Å². The maximum Gasteiger partial charge on any atom is 0.0571 e. The van der Waals surface area contributed by atoms with Gasteiger partial charge in [-0.25, -0.2) is 0 Å². The molecule has 2 unspecified atom stereocenters. The summed E-state index contributed by atoms with van der Waals surface area (Å²) in [6.45, 7) is 0. The van der Waals surface area contributed by atoms with Crippen molar-refractivity contribution in [3.05, 3.63) is 0 Å². The molecule has 14 heavy (non-hydrogen) atoms. The Kier molecular flexibility index (Phi) is 3.73. The summed E-state index contributed by atoms with van der Waals surface area (Å²) in [5.41, 5.74) is 0. The number of hydrogen-bond donors (Lipinski definition) is 1. The van der Waals surface area contributed by atoms with Gasteiger partial charge in [0.25, 0.3) is 0 Å². The highest BCUT2D eigenvalue weighted by atomic mass is 35.5. The molecular formula is C12H21ClO. The summed E-state index contributed by atoms with van der Waals surface area (Å²) < 4.78 is 0. The molecule has 0 aromatic rings. The van der Waals surface area contributed by atoms with Crippen LogP contribution in [0.25, 0.3) is 0 Å². The molecule has 0 bridgehead atoms. The number of hydrogen-bond acceptors (Lipinski definition) is 1. The molecule has 0 heterocycles. The Balaban J connectivity index is 1.96. The molecule has 2 fully saturated rings. The first kappa shape index (κ1) is 10.8. The Morgan fingerprint density at radius 1 is 0.786 bits per heavy atom. The maximum absolute atomic E-state index is 9.98. The molecular weight excluding hydrogens is 196 g/mol. The minimum Gasteiger partial charge on any atom is -0.393 e. The molecule has 0 spiro atoms. The van der Waals surface area contributed by atoms with E-state index in [1.165, 1.54) is 38.5 Å². The van der Waals surface area contributed by atoms with Gasteiger partial charge in [-0.3, -0.25) is 0 Å². The van der Waals surface area contributed by atoms with Crippen LogP contribution < -0.4 is 0 Å². The summed E-state index contributed by atoms with van der Waals surface area (Å²) in [7, 11) is 0. The van der Waals surface area contributed by atoms with E-state index in [1.54, 1.807) is 0 Å². The minimum atomic E-state index is -0.0619. The van der Waals surface area contributed by atoms with Gasteiger partial charge in [0.15, 0.2) is 0 Å². The van der Waals surface area contributed by atoms with Gasteiger partial charge in [-0.2, -0.15) is 0 Å². The Labute approximate surface area is 91.8 Å². The standard InChI is InChI=1S/C12H21ClO/c13-11-7-3-1-5-9(11)10-6-2-4-8-12(10)14/h9-12,14H,1-8H2/t9-,10?,11?,12+/m1/s1. The van der Waals surface area contributed by atoms with E-state index in [-0.39, 0.29) is 6.10 Å². The Morgan fingerprint density at radius 3 is 2.00 bits per heavy atom. The van der Waals surface area contributed by atoms with E-state index in [1.807, 2.05) is 0 Å². The molecule has 2 aliphatic carbocycles. The van der Waals surface area contributed by atoms with Crippen LogP contribution >= 0.6 is 11.6 Å². The third-order valence-electron chi connectivity index (χ3n) is 4.06. The molecule has 2 aliphatic rings. The first-order valence-corrected chi connectivity index (χ1v) is 6.55. The Hall–Kier alpha value is 0.250. The molecule has 0 aliphatic heterocycles. The fourth-order valence-corrected chi connectivity index (χ4v) is 3.70. The van der Waals surface area contributed by atoms with Crippen molar-refractivity contribution in [2.75, 3.05) is 0 Å². The van der Waals surface area contributed by atoms with Gasteiger partial charge in [0.1, 0.15) is 0 Å². The monoisotopic (exact) mass is 216 g/mol. The molecule has 0 radical (unpaired) electrons. The molecule has 0 aromatic carbocycles. The van der Waals surface area contributed by atoms with Crippen LogP contribution in [0.15, 0.2) is 0 Å². The summed E-state index contributed by atoms with van der Waals surface area (Å²) in [6, 6.07) is 0. The first-order chi connectivity index (χ1) is 6.79. The van der Waals surface area contributed by atoms with Crippen molar-refractivity contribution in [2.24, 2.45) is 11.8 Å². The molecule has 0 saturated heterocycles. The lowest BCUT2D eigenvalue weighted by Gasteiger charge is -2.39. The zero-order valence-electron chi connectivity index (χ0n) is 8.79. The van der Waals surface area contributed by atoms with Gasteiger partial charge in [0.2, 0.25) is 0 Å². The van der Waals surface area contributed by atoms with Crippen molar-refractivity contribution in [3.8, 4) is 0 Å². The van der Waals surface area contributed by atoms with Crippen molar-refractivity contribution in [3.63, 3.8) is 0 Å². The van der Waals surface area contributed by atoms with E-state index in [4.69, 9.17) is 11.6 Å². The molecule has 1 N–H and O–H groups in total. The van der Waals surface area contributed by atoms with Gasteiger partial charge < -0.3 is 5.11 Å². The van der Waals surface area contributed by atoms with Gasteiger partial charge in [-0.05, 0) is 37.5 Å². The highest BCUT2D eigenvalue weighted by Crippen LogP contribution is 2.40. The van der Waals surface area contributed by atoms with Crippen LogP contribution in [0.5, 0.6) is 0 Å². The minimum absolute atomic E-state index is 0.0619. The van der Waals surface area contributed by atoms with Gasteiger partial charge >= 0.3 is 0 Å². The lowest BCUT2D eigenvalue weighted by Crippen LogP contribution is -2.37. The van der Waals surface area contributed by atoms with Crippen molar-refractivity contribution in [2.45, 2.75) is 62.8 Å². The topological polar surface area (TPSA) is 20.2 Å². The van der Waals surface area contributed by atoms with Crippen molar-refractivity contribution in [1.29, 1.82) is 0 Å². The van der Waals surface area contributed by atoms with Crippen molar-refractivity contribution >= 4 is 11.6 Å². The molecule has 0 amide bonds. The number of rotatable bonds is 1. The predicted octanol–water partition coefficient (Wildman–Crippen LogP) is 3.34. The molecule has 2 rings (SSSR count). The largest absolute Gasteiger partial charge is 0.393 e. The summed E-state index contributed by atoms with van der Waals surface area (Å²) in [4.78, 5) is 0. The fourth-order valence-electron chi connectivity index (χ4n) is 3.24. The van der Waals surface area contributed by atoms with Crippen LogP contribution in [-0.2, 0) is 0 Å². The average Bonchev–Trinajstić information content (AvgIpc) is 2.20. The molecule has 4 atom stereocenters. The lowest BCUT2D eigenvalue weighted by atomic mass is 9.72. The average molecular weight is 217 g/mol. The summed E-state index contributed by atoms with van der Waals surface area (Å²) >= 11 is 6.37. The number of aliphatic hydroxyl groups is 1. The SMILES string of the molecule is O[C@H]1CCCCC1[C@H]1CCCCC1Cl. The fraction of sp³-hybridized carbons (Fsp3) is 1.00. The highest BCUT2D eigenvalue weighted by Gasteiger charge is 2.35. The summed E-state index contributed by atoms with van der Waals surface area (Å²) in [5, 5.41) is 10.3. The molecule has 0 aromatic heterocycles. The van der Waals surface area contributed by atoms with E-state index >= 15 is 0 Å². The maximum atomic E-state index is 9.98. The normalized spacial score (nSPS) is 45.0. The third-order valence-corrected chi connectivity index (χ3v) is 4.61. The van der Waals surface area contributed by atoms with Crippen LogP contribution in [0, 0.1) is 11.8 Å². The van der Waals surface area contributed by atoms with Gasteiger partial charge in [-0.1, -0.05) is 25.7 Å². The van der Waals surface area contributed by atoms with Crippen molar-refractivity contribution < 1.29 is 5.11 Å². The summed E-state index contributed by atoms with van der Waals surface area (Å²) in [6.07, 6.45) is 9.66. The Morgan fingerprint density at radius 2 is 1.36 bits per heavy atom. The van der Waals surface area contributed by atoms with E-state index in [9.17, 15) is 5.11 Å². The Bertz CT molecular complexity index is 163. The second-order valence-corrected chi connectivity index (χ2v) is 5.54. The number of aliphatic hydroxyl groups excluding tert-OH is 1. The second-order valence-electron chi connectivity index (χ2n) is 4.98. The summed E-state index contributed by atoms with van der Waals surface area (Å²) in [5.74, 6) is 1.10. The van der Waals surface area contributed by atoms with Crippen molar-refractivity contribution in [1.82, 2.24) is 0 Å². The van der Waals surface area contributed by atoms with Gasteiger partial charge in [0, 0.05) is 5.38 Å². The van der Waals surface area contributed by atoms with E-state index < -0.39 is 0 Å². The zero-order valence-corrected chi connectivity index (χ0v) is 9.55. The van der Waals surface area contributed by atoms with E-state index in [0.717, 1.165) is 12.8 Å². The molecule has 2 saturated carbocycles. The lowest BCUT2D eigenvalue weighted by molar-refractivity contribution is 0.0270. The molecule has 2 heteroatoms. The molecule has 1 nitrogen and oxygen atoms in total. The molecule has 82 valence electrons. The predicted molar refractivity (Wildman–Crippen MR) is 59.6 cm³/mol. The van der Waals surface area contributed by atoms with Gasteiger partial charge in [-0.15, -0.1) is 11.6 Å². The smallest absolute Gasteiger partial charge is 0.0571 e. The van der Waals surface area contributed by atoms with E-state index in [0.29, 0.717) is 17.2 Å². The number of alkyl halides is 1. The van der Waals surface area contributed by atoms with Crippen LogP contribution in [0.2, 0.25) is 0 Å².